The van der Waals surface area contributed by atoms with Gasteiger partial charge >= 0.3 is 0 Å². The molecule has 3 rings (SSSR count). The molecule has 1 aromatic carbocycles. The van der Waals surface area contributed by atoms with Crippen LogP contribution in [0.1, 0.15) is 5.69 Å². The van der Waals surface area contributed by atoms with E-state index in [1.165, 1.54) is 16.8 Å². The molecule has 2 heterocycles. The van der Waals surface area contributed by atoms with E-state index in [1.807, 2.05) is 30.3 Å². The Bertz CT molecular complexity index is 745. The van der Waals surface area contributed by atoms with Crippen LogP contribution >= 0.6 is 24.0 Å². The summed E-state index contributed by atoms with van der Waals surface area (Å²) in [6.45, 7) is 0. The van der Waals surface area contributed by atoms with Gasteiger partial charge in [-0.2, -0.15) is 10.1 Å². The summed E-state index contributed by atoms with van der Waals surface area (Å²) in [5, 5.41) is 6.32. The molecule has 0 aliphatic carbocycles. The molecule has 106 valence electrons. The summed E-state index contributed by atoms with van der Waals surface area (Å²) in [4.78, 5) is 16.0. The zero-order chi connectivity index (χ0) is 14.8. The highest BCUT2D eigenvalue weighted by Gasteiger charge is 2.25. The number of methoxy groups -OCH3 is 1. The fourth-order valence-electron chi connectivity index (χ4n) is 1.89. The maximum Gasteiger partial charge on any atom is 0.259 e. The number of thioether (sulfide) groups is 1. The van der Waals surface area contributed by atoms with Gasteiger partial charge in [0.25, 0.3) is 5.91 Å². The number of fused-ring (bicyclic) bond motifs is 1. The summed E-state index contributed by atoms with van der Waals surface area (Å²) in [6.07, 6.45) is 1.54. The van der Waals surface area contributed by atoms with Crippen molar-refractivity contribution in [1.29, 1.82) is 0 Å². The summed E-state index contributed by atoms with van der Waals surface area (Å²) in [6, 6.07) is 9.42. The van der Waals surface area contributed by atoms with E-state index in [1.54, 1.807) is 13.3 Å². The topological polar surface area (TPSA) is 54.8 Å². The summed E-state index contributed by atoms with van der Waals surface area (Å²) in [7, 11) is 1.63. The van der Waals surface area contributed by atoms with E-state index in [0.717, 1.165) is 16.7 Å². The van der Waals surface area contributed by atoms with Crippen molar-refractivity contribution >= 4 is 51.3 Å². The van der Waals surface area contributed by atoms with Crippen LogP contribution in [-0.2, 0) is 4.79 Å². The highest BCUT2D eigenvalue weighted by Crippen LogP contribution is 2.20. The molecule has 7 heteroatoms. The van der Waals surface area contributed by atoms with Crippen LogP contribution in [0.15, 0.2) is 35.4 Å². The Balaban J connectivity index is 1.87. The molecule has 0 spiro atoms. The smallest absolute Gasteiger partial charge is 0.259 e. The van der Waals surface area contributed by atoms with Gasteiger partial charge in [-0.25, -0.2) is 4.98 Å². The largest absolute Gasteiger partial charge is 0.497 e. The van der Waals surface area contributed by atoms with E-state index in [4.69, 9.17) is 17.0 Å². The minimum atomic E-state index is -0.105. The number of thiocarbonyl (C=S) groups is 1. The van der Waals surface area contributed by atoms with E-state index in [-0.39, 0.29) is 5.91 Å². The van der Waals surface area contributed by atoms with E-state index in [0.29, 0.717) is 15.8 Å². The highest BCUT2D eigenvalue weighted by molar-refractivity contribution is 8.23. The Morgan fingerprint density at radius 2 is 2.29 bits per heavy atom. The molecule has 2 aromatic rings. The molecule has 1 aromatic heterocycles. The van der Waals surface area contributed by atoms with Crippen LogP contribution in [0.3, 0.4) is 0 Å². The number of amides is 1. The van der Waals surface area contributed by atoms with Crippen molar-refractivity contribution < 1.29 is 9.53 Å². The number of pyridine rings is 1. The first kappa shape index (κ1) is 14.0. The molecule has 1 aliphatic rings. The average Bonchev–Trinajstić information content (AvgIpc) is 2.83. The molecule has 1 saturated heterocycles. The molecular formula is C14H11N3O2S2. The standard InChI is InChI=1S/C14H11N3O2S2/c1-19-11-4-5-12-9(6-11)2-3-10(16-12)7-15-17-13(18)8-21-14(17)20/h2-7H,8H2,1H3. The van der Waals surface area contributed by atoms with Crippen molar-refractivity contribution in [2.24, 2.45) is 5.10 Å². The Labute approximate surface area is 131 Å². The first-order valence-electron chi connectivity index (χ1n) is 6.16. The van der Waals surface area contributed by atoms with Crippen molar-refractivity contribution in [2.45, 2.75) is 0 Å². The predicted molar refractivity (Wildman–Crippen MR) is 87.8 cm³/mol. The lowest BCUT2D eigenvalue weighted by molar-refractivity contribution is -0.123. The molecule has 0 N–H and O–H groups in total. The number of nitrogens with zero attached hydrogens (tertiary/aromatic N) is 3. The van der Waals surface area contributed by atoms with E-state index in [2.05, 4.69) is 10.1 Å². The van der Waals surface area contributed by atoms with E-state index >= 15 is 0 Å². The predicted octanol–water partition coefficient (Wildman–Crippen LogP) is 2.44. The number of rotatable bonds is 3. The van der Waals surface area contributed by atoms with Crippen LogP contribution in [0.5, 0.6) is 5.75 Å². The number of aromatic nitrogens is 1. The second kappa shape index (κ2) is 5.79. The normalized spacial score (nSPS) is 15.4. The molecule has 21 heavy (non-hydrogen) atoms. The summed E-state index contributed by atoms with van der Waals surface area (Å²) in [5.41, 5.74) is 1.50. The van der Waals surface area contributed by atoms with Gasteiger partial charge in [0.1, 0.15) is 5.75 Å². The molecule has 5 nitrogen and oxygen atoms in total. The molecule has 0 radical (unpaired) electrons. The first-order valence-corrected chi connectivity index (χ1v) is 7.55. The van der Waals surface area contributed by atoms with Crippen molar-refractivity contribution in [3.8, 4) is 5.75 Å². The van der Waals surface area contributed by atoms with Crippen LogP contribution in [0.4, 0.5) is 0 Å². The Hall–Kier alpha value is -1.99. The van der Waals surface area contributed by atoms with Crippen LogP contribution in [0, 0.1) is 0 Å². The molecule has 1 amide bonds. The molecular weight excluding hydrogens is 306 g/mol. The minimum Gasteiger partial charge on any atom is -0.497 e. The lowest BCUT2D eigenvalue weighted by atomic mass is 10.2. The maximum absolute atomic E-state index is 11.6. The number of hydrazone groups is 1. The summed E-state index contributed by atoms with van der Waals surface area (Å²) in [5.74, 6) is 1.03. The first-order chi connectivity index (χ1) is 10.2. The second-order valence-electron chi connectivity index (χ2n) is 4.30. The SMILES string of the molecule is COc1ccc2nc(C=NN3C(=O)CSC3=S)ccc2c1. The quantitative estimate of drug-likeness (QED) is 0.643. The van der Waals surface area contributed by atoms with Gasteiger partial charge in [-0.05, 0) is 24.3 Å². The zero-order valence-electron chi connectivity index (χ0n) is 11.1. The number of carbonyl (C=O) groups is 1. The lowest BCUT2D eigenvalue weighted by Gasteiger charge is -2.06. The van der Waals surface area contributed by atoms with Crippen molar-refractivity contribution in [1.82, 2.24) is 9.99 Å². The van der Waals surface area contributed by atoms with Gasteiger partial charge < -0.3 is 4.74 Å². The number of carbonyl (C=O) groups excluding carboxylic acids is 1. The lowest BCUT2D eigenvalue weighted by Crippen LogP contribution is -2.22. The Kier molecular flexibility index (Phi) is 3.85. The summed E-state index contributed by atoms with van der Waals surface area (Å²) >= 11 is 6.37. The van der Waals surface area contributed by atoms with Crippen molar-refractivity contribution in [3.63, 3.8) is 0 Å². The van der Waals surface area contributed by atoms with Gasteiger partial charge in [-0.3, -0.25) is 4.79 Å². The maximum atomic E-state index is 11.6. The van der Waals surface area contributed by atoms with Crippen LogP contribution < -0.4 is 4.74 Å². The van der Waals surface area contributed by atoms with Gasteiger partial charge in [0.2, 0.25) is 0 Å². The molecule has 1 aliphatic heterocycles. The highest BCUT2D eigenvalue weighted by atomic mass is 32.2. The number of hydrogen-bond acceptors (Lipinski definition) is 6. The van der Waals surface area contributed by atoms with Gasteiger partial charge in [-0.1, -0.05) is 30.0 Å². The second-order valence-corrected chi connectivity index (χ2v) is 5.91. The van der Waals surface area contributed by atoms with Crippen LogP contribution in [-0.4, -0.2) is 39.3 Å². The molecule has 0 bridgehead atoms. The van der Waals surface area contributed by atoms with Gasteiger partial charge in [0.15, 0.2) is 4.32 Å². The third-order valence-electron chi connectivity index (χ3n) is 2.95. The minimum absolute atomic E-state index is 0.105. The number of hydrogen-bond donors (Lipinski definition) is 0. The van der Waals surface area contributed by atoms with E-state index in [9.17, 15) is 4.79 Å². The van der Waals surface area contributed by atoms with Crippen LogP contribution in [0.2, 0.25) is 0 Å². The third-order valence-corrected chi connectivity index (χ3v) is 4.29. The molecule has 0 atom stereocenters. The summed E-state index contributed by atoms with van der Waals surface area (Å²) < 4.78 is 5.65. The van der Waals surface area contributed by atoms with E-state index < -0.39 is 0 Å². The van der Waals surface area contributed by atoms with Gasteiger partial charge in [0, 0.05) is 5.39 Å². The zero-order valence-corrected chi connectivity index (χ0v) is 12.8. The Morgan fingerprint density at radius 3 is 3.00 bits per heavy atom. The van der Waals surface area contributed by atoms with Crippen LogP contribution in [0.25, 0.3) is 10.9 Å². The molecule has 0 unspecified atom stereocenters. The Morgan fingerprint density at radius 1 is 1.43 bits per heavy atom. The fraction of sp³-hybridized carbons (Fsp3) is 0.143. The third kappa shape index (κ3) is 2.88. The monoisotopic (exact) mass is 317 g/mol. The van der Waals surface area contributed by atoms with Crippen molar-refractivity contribution in [3.05, 3.63) is 36.0 Å². The molecule has 1 fully saturated rings. The number of benzene rings is 1. The van der Waals surface area contributed by atoms with Crippen molar-refractivity contribution in [2.75, 3.05) is 12.9 Å². The average molecular weight is 317 g/mol. The molecule has 0 saturated carbocycles. The van der Waals surface area contributed by atoms with Gasteiger partial charge in [0.05, 0.1) is 30.3 Å². The fourth-order valence-corrected chi connectivity index (χ4v) is 2.86. The van der Waals surface area contributed by atoms with Gasteiger partial charge in [-0.15, -0.1) is 0 Å². The number of ether oxygens (including phenoxy) is 1.